The van der Waals surface area contributed by atoms with Crippen molar-refractivity contribution in [3.8, 4) is 0 Å². The Morgan fingerprint density at radius 2 is 1.95 bits per heavy atom. The molecule has 3 nitrogen and oxygen atoms in total. The van der Waals surface area contributed by atoms with Gasteiger partial charge in [-0.15, -0.1) is 0 Å². The summed E-state index contributed by atoms with van der Waals surface area (Å²) in [5.74, 6) is 1.06. The van der Waals surface area contributed by atoms with Gasteiger partial charge >= 0.3 is 0 Å². The molecule has 0 N–H and O–H groups in total. The lowest BCUT2D eigenvalue weighted by molar-refractivity contribution is 0.274. The van der Waals surface area contributed by atoms with Crippen LogP contribution in [0.25, 0.3) is 0 Å². The molecule has 20 heavy (non-hydrogen) atoms. The smallest absolute Gasteiger partial charge is 0.0644 e. The van der Waals surface area contributed by atoms with Crippen LogP contribution in [0.2, 0.25) is 0 Å². The number of aliphatic imine (C=N–C) groups is 1. The highest BCUT2D eigenvalue weighted by molar-refractivity contribution is 7.98. The molecule has 0 aromatic rings. The van der Waals surface area contributed by atoms with Crippen molar-refractivity contribution in [2.45, 2.75) is 39.3 Å². The van der Waals surface area contributed by atoms with Gasteiger partial charge in [-0.25, -0.2) is 0 Å². The van der Waals surface area contributed by atoms with E-state index >= 15 is 0 Å². The SMILES string of the molecule is C=C([C@H](CSC)N(C)C)N(C)[C@@H](C)C1=NC(C)=C(C)C1. The highest BCUT2D eigenvalue weighted by Crippen LogP contribution is 2.24. The van der Waals surface area contributed by atoms with Crippen LogP contribution in [0.3, 0.4) is 0 Å². The fourth-order valence-corrected chi connectivity index (χ4v) is 3.21. The highest BCUT2D eigenvalue weighted by atomic mass is 32.2. The number of hydrogen-bond donors (Lipinski definition) is 0. The predicted octanol–water partition coefficient (Wildman–Crippen LogP) is 3.25. The van der Waals surface area contributed by atoms with E-state index in [2.05, 4.69) is 64.5 Å². The van der Waals surface area contributed by atoms with E-state index in [1.165, 1.54) is 22.7 Å². The molecule has 1 aliphatic heterocycles. The number of nitrogens with zero attached hydrogens (tertiary/aromatic N) is 3. The van der Waals surface area contributed by atoms with Crippen LogP contribution >= 0.6 is 11.8 Å². The Morgan fingerprint density at radius 1 is 1.35 bits per heavy atom. The summed E-state index contributed by atoms with van der Waals surface area (Å²) in [6, 6.07) is 0.675. The van der Waals surface area contributed by atoms with E-state index in [1.807, 2.05) is 11.8 Å². The molecule has 1 aliphatic rings. The molecule has 0 fully saturated rings. The molecule has 0 radical (unpaired) electrons. The molecule has 0 bridgehead atoms. The predicted molar refractivity (Wildman–Crippen MR) is 92.6 cm³/mol. The van der Waals surface area contributed by atoms with Crippen molar-refractivity contribution in [2.24, 2.45) is 4.99 Å². The van der Waals surface area contributed by atoms with Crippen LogP contribution in [-0.4, -0.2) is 60.7 Å². The van der Waals surface area contributed by atoms with Crippen LogP contribution in [0.4, 0.5) is 0 Å². The van der Waals surface area contributed by atoms with Gasteiger partial charge in [-0.3, -0.25) is 4.99 Å². The van der Waals surface area contributed by atoms with Gasteiger partial charge in [0.2, 0.25) is 0 Å². The first kappa shape index (κ1) is 17.3. The van der Waals surface area contributed by atoms with Gasteiger partial charge in [0, 0.05) is 36.3 Å². The Hall–Kier alpha value is -0.740. The molecule has 1 rings (SSSR count). The fourth-order valence-electron chi connectivity index (χ4n) is 2.40. The second-order valence-electron chi connectivity index (χ2n) is 5.86. The lowest BCUT2D eigenvalue weighted by Crippen LogP contribution is -2.43. The second kappa shape index (κ2) is 7.32. The molecule has 0 saturated heterocycles. The largest absolute Gasteiger partial charge is 0.369 e. The van der Waals surface area contributed by atoms with E-state index < -0.39 is 0 Å². The molecule has 0 spiro atoms. The van der Waals surface area contributed by atoms with Gasteiger partial charge in [-0.05, 0) is 46.7 Å². The summed E-state index contributed by atoms with van der Waals surface area (Å²) in [5, 5.41) is 0. The summed E-state index contributed by atoms with van der Waals surface area (Å²) < 4.78 is 0. The van der Waals surface area contributed by atoms with Crippen molar-refractivity contribution < 1.29 is 0 Å². The van der Waals surface area contributed by atoms with Crippen LogP contribution in [0.1, 0.15) is 27.2 Å². The van der Waals surface area contributed by atoms with Crippen LogP contribution < -0.4 is 0 Å². The first-order chi connectivity index (χ1) is 9.29. The topological polar surface area (TPSA) is 18.8 Å². The molecule has 0 saturated carbocycles. The maximum absolute atomic E-state index is 4.72. The van der Waals surface area contributed by atoms with E-state index in [-0.39, 0.29) is 0 Å². The normalized spacial score (nSPS) is 18.3. The monoisotopic (exact) mass is 295 g/mol. The van der Waals surface area contributed by atoms with E-state index in [0.29, 0.717) is 12.1 Å². The fraction of sp³-hybridized carbons (Fsp3) is 0.688. The minimum atomic E-state index is 0.305. The van der Waals surface area contributed by atoms with Gasteiger partial charge in [0.15, 0.2) is 0 Å². The van der Waals surface area contributed by atoms with Crippen molar-refractivity contribution in [2.75, 3.05) is 33.2 Å². The number of rotatable bonds is 7. The Kier molecular flexibility index (Phi) is 6.34. The quantitative estimate of drug-likeness (QED) is 0.718. The molecule has 0 aliphatic carbocycles. The van der Waals surface area contributed by atoms with E-state index in [4.69, 9.17) is 4.99 Å². The molecule has 0 unspecified atom stereocenters. The van der Waals surface area contributed by atoms with Gasteiger partial charge < -0.3 is 9.80 Å². The van der Waals surface area contributed by atoms with Crippen molar-refractivity contribution in [1.29, 1.82) is 0 Å². The van der Waals surface area contributed by atoms with Crippen LogP contribution in [0.15, 0.2) is 28.5 Å². The Balaban J connectivity index is 2.76. The van der Waals surface area contributed by atoms with Crippen molar-refractivity contribution in [3.63, 3.8) is 0 Å². The van der Waals surface area contributed by atoms with Crippen LogP contribution in [0.5, 0.6) is 0 Å². The molecule has 2 atom stereocenters. The zero-order chi connectivity index (χ0) is 15.4. The zero-order valence-electron chi connectivity index (χ0n) is 14.0. The minimum Gasteiger partial charge on any atom is -0.369 e. The number of thioether (sulfide) groups is 1. The van der Waals surface area contributed by atoms with Crippen molar-refractivity contribution >= 4 is 17.5 Å². The van der Waals surface area contributed by atoms with Gasteiger partial charge in [-0.1, -0.05) is 6.58 Å². The van der Waals surface area contributed by atoms with Crippen LogP contribution in [-0.2, 0) is 0 Å². The molecular weight excluding hydrogens is 266 g/mol. The van der Waals surface area contributed by atoms with E-state index in [0.717, 1.165) is 12.2 Å². The minimum absolute atomic E-state index is 0.305. The lowest BCUT2D eigenvalue weighted by atomic mass is 10.0. The van der Waals surface area contributed by atoms with Crippen molar-refractivity contribution in [1.82, 2.24) is 9.80 Å². The number of allylic oxidation sites excluding steroid dienone is 2. The summed E-state index contributed by atoms with van der Waals surface area (Å²) in [5.41, 5.74) is 4.99. The second-order valence-corrected chi connectivity index (χ2v) is 6.77. The maximum Gasteiger partial charge on any atom is 0.0644 e. The average Bonchev–Trinajstić information content (AvgIpc) is 2.73. The molecule has 0 amide bonds. The summed E-state index contributed by atoms with van der Waals surface area (Å²) in [6.45, 7) is 10.8. The molecule has 1 heterocycles. The first-order valence-corrected chi connectivity index (χ1v) is 8.49. The third-order valence-corrected chi connectivity index (χ3v) is 4.87. The summed E-state index contributed by atoms with van der Waals surface area (Å²) in [7, 11) is 6.37. The Morgan fingerprint density at radius 3 is 2.35 bits per heavy atom. The Labute approximate surface area is 128 Å². The van der Waals surface area contributed by atoms with Crippen LogP contribution in [0, 0.1) is 0 Å². The standard InChI is InChI=1S/C16H29N3S/c1-11-9-15(17-12(11)2)13(3)19(7)14(4)16(10-20-8)18(5)6/h13,16H,4,9-10H2,1-3,5-8H3/t13-,16-/m0/s1. The summed E-state index contributed by atoms with van der Waals surface area (Å²) in [4.78, 5) is 9.24. The highest BCUT2D eigenvalue weighted by Gasteiger charge is 2.25. The number of hydrogen-bond acceptors (Lipinski definition) is 4. The summed E-state index contributed by atoms with van der Waals surface area (Å²) in [6.07, 6.45) is 3.14. The first-order valence-electron chi connectivity index (χ1n) is 7.10. The van der Waals surface area contributed by atoms with E-state index in [1.54, 1.807) is 0 Å². The molecule has 114 valence electrons. The lowest BCUT2D eigenvalue weighted by Gasteiger charge is -2.36. The number of likely N-dealkylation sites (N-methyl/N-ethyl adjacent to an activating group) is 2. The Bertz CT molecular complexity index is 423. The van der Waals surface area contributed by atoms with E-state index in [9.17, 15) is 0 Å². The average molecular weight is 295 g/mol. The zero-order valence-corrected chi connectivity index (χ0v) is 14.8. The third kappa shape index (κ3) is 3.89. The van der Waals surface area contributed by atoms with Gasteiger partial charge in [0.25, 0.3) is 0 Å². The summed E-state index contributed by atoms with van der Waals surface area (Å²) >= 11 is 1.86. The van der Waals surface area contributed by atoms with Gasteiger partial charge in [-0.2, -0.15) is 11.8 Å². The molecule has 4 heteroatoms. The van der Waals surface area contributed by atoms with Crippen molar-refractivity contribution in [3.05, 3.63) is 23.5 Å². The molecular formula is C16H29N3S. The maximum atomic E-state index is 4.72. The third-order valence-electron chi connectivity index (χ3n) is 4.22. The molecule has 0 aromatic carbocycles. The van der Waals surface area contributed by atoms with Gasteiger partial charge in [0.1, 0.15) is 0 Å². The molecule has 0 aromatic heterocycles. The van der Waals surface area contributed by atoms with Gasteiger partial charge in [0.05, 0.1) is 12.1 Å².